The van der Waals surface area contributed by atoms with E-state index in [1.54, 1.807) is 0 Å². The summed E-state index contributed by atoms with van der Waals surface area (Å²) in [5.74, 6) is 0.795. The molecule has 18 heavy (non-hydrogen) atoms. The maximum absolute atomic E-state index is 6.27. The Balaban J connectivity index is 2.03. The molecule has 0 amide bonds. The van der Waals surface area contributed by atoms with Crippen LogP contribution in [0.15, 0.2) is 4.99 Å². The predicted molar refractivity (Wildman–Crippen MR) is 76.8 cm³/mol. The van der Waals surface area contributed by atoms with Crippen molar-refractivity contribution >= 4 is 5.96 Å². The summed E-state index contributed by atoms with van der Waals surface area (Å²) in [6.07, 6.45) is 7.43. The highest BCUT2D eigenvalue weighted by atomic mass is 15.3. The van der Waals surface area contributed by atoms with Crippen LogP contribution in [0.2, 0.25) is 0 Å². The van der Waals surface area contributed by atoms with Crippen molar-refractivity contribution in [1.29, 1.82) is 0 Å². The maximum Gasteiger partial charge on any atom is 0.191 e. The molecular formula is C14H28N4. The van der Waals surface area contributed by atoms with Crippen LogP contribution in [-0.2, 0) is 0 Å². The molecule has 0 aromatic rings. The van der Waals surface area contributed by atoms with Crippen LogP contribution in [0.4, 0.5) is 0 Å². The van der Waals surface area contributed by atoms with Gasteiger partial charge in [0.05, 0.1) is 6.04 Å². The molecule has 2 rings (SSSR count). The zero-order valence-electron chi connectivity index (χ0n) is 11.9. The van der Waals surface area contributed by atoms with E-state index in [0.717, 1.165) is 25.5 Å². The number of nitrogens with zero attached hydrogens (tertiary/aromatic N) is 3. The molecule has 1 heterocycles. The van der Waals surface area contributed by atoms with Gasteiger partial charge in [0, 0.05) is 19.1 Å². The van der Waals surface area contributed by atoms with Crippen LogP contribution in [0.25, 0.3) is 0 Å². The lowest BCUT2D eigenvalue weighted by Crippen LogP contribution is -2.47. The first-order chi connectivity index (χ1) is 8.70. The molecule has 2 fully saturated rings. The molecule has 0 spiro atoms. The fourth-order valence-electron chi connectivity index (χ4n) is 3.19. The minimum absolute atomic E-state index is 0.489. The number of hydrogen-bond donors (Lipinski definition) is 1. The predicted octanol–water partition coefficient (Wildman–Crippen LogP) is 1.66. The summed E-state index contributed by atoms with van der Waals surface area (Å²) in [4.78, 5) is 9.53. The van der Waals surface area contributed by atoms with Gasteiger partial charge in [-0.3, -0.25) is 0 Å². The molecule has 0 bridgehead atoms. The van der Waals surface area contributed by atoms with Gasteiger partial charge in [0.1, 0.15) is 0 Å². The van der Waals surface area contributed by atoms with E-state index in [0.29, 0.717) is 12.1 Å². The quantitative estimate of drug-likeness (QED) is 0.600. The van der Waals surface area contributed by atoms with Crippen molar-refractivity contribution in [2.45, 2.75) is 57.5 Å². The van der Waals surface area contributed by atoms with Gasteiger partial charge in [-0.25, -0.2) is 4.99 Å². The average Bonchev–Trinajstić information content (AvgIpc) is 2.77. The highest BCUT2D eigenvalue weighted by Crippen LogP contribution is 2.21. The molecule has 1 atom stereocenters. The molecule has 1 unspecified atom stereocenters. The summed E-state index contributed by atoms with van der Waals surface area (Å²) >= 11 is 0. The number of hydrogen-bond acceptors (Lipinski definition) is 2. The zero-order valence-corrected chi connectivity index (χ0v) is 11.9. The van der Waals surface area contributed by atoms with Crippen LogP contribution in [-0.4, -0.2) is 54.5 Å². The molecule has 0 aromatic carbocycles. The average molecular weight is 252 g/mol. The van der Waals surface area contributed by atoms with Gasteiger partial charge in [-0.2, -0.15) is 0 Å². The Labute approximate surface area is 111 Å². The van der Waals surface area contributed by atoms with E-state index < -0.39 is 0 Å². The summed E-state index contributed by atoms with van der Waals surface area (Å²) in [5, 5.41) is 0. The highest BCUT2D eigenvalue weighted by molar-refractivity contribution is 5.78. The third-order valence-corrected chi connectivity index (χ3v) is 4.31. The smallest absolute Gasteiger partial charge is 0.191 e. The van der Waals surface area contributed by atoms with E-state index in [-0.39, 0.29) is 0 Å². The molecule has 104 valence electrons. The van der Waals surface area contributed by atoms with Crippen LogP contribution in [0.5, 0.6) is 0 Å². The van der Waals surface area contributed by atoms with Crippen LogP contribution >= 0.6 is 0 Å². The Kier molecular flexibility index (Phi) is 4.87. The fourth-order valence-corrected chi connectivity index (χ4v) is 3.19. The molecule has 1 saturated heterocycles. The van der Waals surface area contributed by atoms with Crippen molar-refractivity contribution in [2.24, 2.45) is 10.7 Å². The van der Waals surface area contributed by atoms with E-state index in [1.807, 2.05) is 0 Å². The van der Waals surface area contributed by atoms with Gasteiger partial charge in [-0.1, -0.05) is 19.8 Å². The van der Waals surface area contributed by atoms with Gasteiger partial charge in [-0.05, 0) is 39.3 Å². The minimum Gasteiger partial charge on any atom is -0.370 e. The maximum atomic E-state index is 6.27. The Bertz CT molecular complexity index is 284. The van der Waals surface area contributed by atoms with Crippen molar-refractivity contribution < 1.29 is 0 Å². The fraction of sp³-hybridized carbons (Fsp3) is 0.929. The van der Waals surface area contributed by atoms with Crippen molar-refractivity contribution in [3.8, 4) is 0 Å². The van der Waals surface area contributed by atoms with E-state index in [2.05, 4.69) is 23.8 Å². The number of guanidine groups is 1. The zero-order chi connectivity index (χ0) is 13.0. The van der Waals surface area contributed by atoms with Gasteiger partial charge < -0.3 is 15.5 Å². The van der Waals surface area contributed by atoms with Gasteiger partial charge in [0.2, 0.25) is 0 Å². The third kappa shape index (κ3) is 3.37. The van der Waals surface area contributed by atoms with Crippen LogP contribution in [0, 0.1) is 0 Å². The van der Waals surface area contributed by atoms with Crippen molar-refractivity contribution in [3.05, 3.63) is 0 Å². The molecular weight excluding hydrogens is 224 g/mol. The standard InChI is InChI=1S/C14H28N4/c1-3-13-11-17(2)9-6-10-18(13)14(15)16-12-7-4-5-8-12/h12-13H,3-11H2,1-2H3,(H2,15,16). The van der Waals surface area contributed by atoms with E-state index in [1.165, 1.54) is 38.6 Å². The number of aliphatic imine (C=N–C) groups is 1. The molecule has 0 radical (unpaired) electrons. The number of nitrogens with two attached hydrogens (primary N) is 1. The van der Waals surface area contributed by atoms with Gasteiger partial charge in [0.25, 0.3) is 0 Å². The van der Waals surface area contributed by atoms with E-state index in [9.17, 15) is 0 Å². The minimum atomic E-state index is 0.489. The lowest BCUT2D eigenvalue weighted by atomic mass is 10.2. The number of rotatable bonds is 2. The van der Waals surface area contributed by atoms with Crippen LogP contribution in [0.3, 0.4) is 0 Å². The van der Waals surface area contributed by atoms with Gasteiger partial charge >= 0.3 is 0 Å². The Hall–Kier alpha value is -0.770. The molecule has 2 aliphatic rings. The molecule has 1 aliphatic heterocycles. The largest absolute Gasteiger partial charge is 0.370 e. The second-order valence-corrected chi connectivity index (χ2v) is 5.80. The molecule has 1 saturated carbocycles. The first-order valence-electron chi connectivity index (χ1n) is 7.49. The summed E-state index contributed by atoms with van der Waals surface area (Å²) in [6, 6.07) is 1.02. The van der Waals surface area contributed by atoms with Crippen LogP contribution < -0.4 is 5.73 Å². The number of likely N-dealkylation sites (N-methyl/N-ethyl adjacent to an activating group) is 1. The molecule has 2 N–H and O–H groups in total. The topological polar surface area (TPSA) is 44.9 Å². The highest BCUT2D eigenvalue weighted by Gasteiger charge is 2.24. The Morgan fingerprint density at radius 3 is 2.61 bits per heavy atom. The monoisotopic (exact) mass is 252 g/mol. The second-order valence-electron chi connectivity index (χ2n) is 5.80. The Morgan fingerprint density at radius 2 is 1.94 bits per heavy atom. The Morgan fingerprint density at radius 1 is 1.22 bits per heavy atom. The van der Waals surface area contributed by atoms with Crippen molar-refractivity contribution in [2.75, 3.05) is 26.7 Å². The molecule has 0 aromatic heterocycles. The van der Waals surface area contributed by atoms with Gasteiger partial charge in [-0.15, -0.1) is 0 Å². The molecule has 1 aliphatic carbocycles. The van der Waals surface area contributed by atoms with Gasteiger partial charge in [0.15, 0.2) is 5.96 Å². The van der Waals surface area contributed by atoms with Crippen LogP contribution in [0.1, 0.15) is 45.4 Å². The SMILES string of the molecule is CCC1CN(C)CCCN1C(N)=NC1CCCC1. The summed E-state index contributed by atoms with van der Waals surface area (Å²) in [5.41, 5.74) is 6.27. The first kappa shape index (κ1) is 13.7. The summed E-state index contributed by atoms with van der Waals surface area (Å²) in [7, 11) is 2.20. The summed E-state index contributed by atoms with van der Waals surface area (Å²) in [6.45, 7) is 5.59. The van der Waals surface area contributed by atoms with E-state index in [4.69, 9.17) is 10.7 Å². The first-order valence-corrected chi connectivity index (χ1v) is 7.49. The third-order valence-electron chi connectivity index (χ3n) is 4.31. The second kappa shape index (κ2) is 6.41. The lowest BCUT2D eigenvalue weighted by Gasteiger charge is -2.31. The van der Waals surface area contributed by atoms with Crippen molar-refractivity contribution in [1.82, 2.24) is 9.80 Å². The molecule has 4 heteroatoms. The van der Waals surface area contributed by atoms with Crippen molar-refractivity contribution in [3.63, 3.8) is 0 Å². The molecule has 4 nitrogen and oxygen atoms in total. The lowest BCUT2D eigenvalue weighted by molar-refractivity contribution is 0.261. The summed E-state index contributed by atoms with van der Waals surface area (Å²) < 4.78 is 0. The van der Waals surface area contributed by atoms with E-state index >= 15 is 0 Å². The normalized spacial score (nSPS) is 28.7.